The lowest BCUT2D eigenvalue weighted by Gasteiger charge is -2.28. The maximum absolute atomic E-state index is 14.3. The fraction of sp³-hybridized carbons (Fsp3) is 0.389. The molecule has 3 aromatic heterocycles. The number of β-amino-alcohol motifs (C(OH)–C–C–N with tert-alkyl or cyclic N) is 1. The highest BCUT2D eigenvalue weighted by atomic mass is 19.3. The monoisotopic (exact) mass is 392 g/mol. The number of hydrogen-bond acceptors (Lipinski definition) is 6. The summed E-state index contributed by atoms with van der Waals surface area (Å²) >= 11 is 0. The molecule has 3 N–H and O–H groups in total. The summed E-state index contributed by atoms with van der Waals surface area (Å²) in [5, 5.41) is 20.6. The van der Waals surface area contributed by atoms with E-state index in [-0.39, 0.29) is 23.9 Å². The van der Waals surface area contributed by atoms with Crippen molar-refractivity contribution in [1.29, 1.82) is 0 Å². The summed E-state index contributed by atoms with van der Waals surface area (Å²) in [6.07, 6.45) is -0.0189. The van der Waals surface area contributed by atoms with Crippen molar-refractivity contribution in [2.45, 2.75) is 31.4 Å². The van der Waals surface area contributed by atoms with Crippen LogP contribution in [0.3, 0.4) is 0 Å². The van der Waals surface area contributed by atoms with Crippen LogP contribution >= 0.6 is 0 Å². The lowest BCUT2D eigenvalue weighted by Crippen LogP contribution is -2.47. The van der Waals surface area contributed by atoms with E-state index in [9.17, 15) is 18.3 Å². The Kier molecular flexibility index (Phi) is 5.14. The topological polar surface area (TPSA) is 87.4 Å². The van der Waals surface area contributed by atoms with Crippen LogP contribution in [0.4, 0.5) is 19.1 Å². The molecule has 1 aliphatic heterocycles. The highest BCUT2D eigenvalue weighted by Crippen LogP contribution is 2.24. The van der Waals surface area contributed by atoms with E-state index in [1.807, 2.05) is 0 Å². The van der Waals surface area contributed by atoms with Gasteiger partial charge in [-0.2, -0.15) is 0 Å². The van der Waals surface area contributed by atoms with Gasteiger partial charge in [0, 0.05) is 25.2 Å². The Labute approximate surface area is 158 Å². The Balaban J connectivity index is 1.65. The minimum Gasteiger partial charge on any atom is -0.390 e. The zero-order chi connectivity index (χ0) is 19.7. The van der Waals surface area contributed by atoms with Crippen molar-refractivity contribution in [2.24, 2.45) is 0 Å². The van der Waals surface area contributed by atoms with Gasteiger partial charge in [-0.25, -0.2) is 22.7 Å². The fourth-order valence-electron chi connectivity index (χ4n) is 3.25. The lowest BCUT2D eigenvalue weighted by atomic mass is 10.0. The standard InChI is InChI=1S/C18H19F3N6O/c19-11-6-14(12-2-1-10(7-23-12)5-17(20)21)27-15(11)8-24-18(26-27)25-13-3-4-22-9-16(13)28/h1-2,6-8,13,16-17,22,28H,3-5,9H2,(H,25,26)/t13-,16-/m1/s1. The van der Waals surface area contributed by atoms with E-state index >= 15 is 0 Å². The first-order valence-electron chi connectivity index (χ1n) is 8.94. The first-order valence-corrected chi connectivity index (χ1v) is 8.94. The number of aliphatic hydroxyl groups is 1. The maximum Gasteiger partial charge on any atom is 0.242 e. The smallest absolute Gasteiger partial charge is 0.242 e. The molecule has 148 valence electrons. The zero-order valence-electron chi connectivity index (χ0n) is 14.8. The molecule has 0 aliphatic carbocycles. The molecular weight excluding hydrogens is 373 g/mol. The normalized spacial score (nSPS) is 20.0. The summed E-state index contributed by atoms with van der Waals surface area (Å²) < 4.78 is 40.7. The molecular formula is C18H19F3N6O. The highest BCUT2D eigenvalue weighted by Gasteiger charge is 2.24. The van der Waals surface area contributed by atoms with E-state index in [4.69, 9.17) is 0 Å². The van der Waals surface area contributed by atoms with E-state index in [0.717, 1.165) is 6.54 Å². The molecule has 10 heteroatoms. The molecule has 0 bridgehead atoms. The van der Waals surface area contributed by atoms with Gasteiger partial charge >= 0.3 is 0 Å². The molecule has 7 nitrogen and oxygen atoms in total. The van der Waals surface area contributed by atoms with Crippen molar-refractivity contribution in [3.8, 4) is 11.4 Å². The number of nitrogens with zero attached hydrogens (tertiary/aromatic N) is 4. The van der Waals surface area contributed by atoms with Crippen LogP contribution in [0, 0.1) is 5.82 Å². The number of pyridine rings is 1. The number of fused-ring (bicyclic) bond motifs is 1. The number of halogens is 3. The molecule has 0 radical (unpaired) electrons. The van der Waals surface area contributed by atoms with Gasteiger partial charge in [-0.3, -0.25) is 4.98 Å². The number of piperidine rings is 1. The molecule has 4 heterocycles. The number of anilines is 1. The summed E-state index contributed by atoms with van der Waals surface area (Å²) in [5.74, 6) is -0.258. The number of aromatic nitrogens is 4. The van der Waals surface area contributed by atoms with Crippen LogP contribution in [0.2, 0.25) is 0 Å². The summed E-state index contributed by atoms with van der Waals surface area (Å²) in [5.41, 5.74) is 1.36. The van der Waals surface area contributed by atoms with Gasteiger partial charge in [0.15, 0.2) is 5.82 Å². The van der Waals surface area contributed by atoms with Gasteiger partial charge in [0.05, 0.1) is 29.7 Å². The molecule has 4 rings (SSSR count). The maximum atomic E-state index is 14.3. The van der Waals surface area contributed by atoms with Crippen molar-refractivity contribution in [3.05, 3.63) is 42.0 Å². The van der Waals surface area contributed by atoms with Crippen LogP contribution in [0.15, 0.2) is 30.6 Å². The molecule has 0 aromatic carbocycles. The van der Waals surface area contributed by atoms with E-state index in [2.05, 4.69) is 25.7 Å². The van der Waals surface area contributed by atoms with Crippen LogP contribution in [-0.2, 0) is 6.42 Å². The average molecular weight is 392 g/mol. The number of rotatable bonds is 5. The van der Waals surface area contributed by atoms with E-state index < -0.39 is 18.3 Å². The summed E-state index contributed by atoms with van der Waals surface area (Å²) in [4.78, 5) is 8.30. The van der Waals surface area contributed by atoms with E-state index in [1.54, 1.807) is 6.07 Å². The molecule has 2 atom stereocenters. The van der Waals surface area contributed by atoms with Gasteiger partial charge in [-0.15, -0.1) is 5.10 Å². The fourth-order valence-corrected chi connectivity index (χ4v) is 3.25. The molecule has 3 aromatic rings. The lowest BCUT2D eigenvalue weighted by molar-refractivity contribution is 0.128. The van der Waals surface area contributed by atoms with Crippen LogP contribution in [0.1, 0.15) is 12.0 Å². The molecule has 28 heavy (non-hydrogen) atoms. The summed E-state index contributed by atoms with van der Waals surface area (Å²) in [6.45, 7) is 1.23. The number of aliphatic hydroxyl groups excluding tert-OH is 1. The largest absolute Gasteiger partial charge is 0.390 e. The number of alkyl halides is 2. The van der Waals surface area contributed by atoms with E-state index in [0.29, 0.717) is 29.9 Å². The number of hydrogen-bond donors (Lipinski definition) is 3. The second-order valence-corrected chi connectivity index (χ2v) is 6.71. The van der Waals surface area contributed by atoms with Gasteiger partial charge < -0.3 is 15.7 Å². The first kappa shape index (κ1) is 18.6. The van der Waals surface area contributed by atoms with Crippen molar-refractivity contribution in [2.75, 3.05) is 18.4 Å². The third kappa shape index (κ3) is 3.78. The summed E-state index contributed by atoms with van der Waals surface area (Å²) in [6, 6.07) is 4.17. The predicted octanol–water partition coefficient (Wildman–Crippen LogP) is 1.87. The van der Waals surface area contributed by atoms with Crippen molar-refractivity contribution in [1.82, 2.24) is 24.9 Å². The minimum absolute atomic E-state index is 0.171. The molecule has 0 saturated carbocycles. The minimum atomic E-state index is -2.45. The van der Waals surface area contributed by atoms with Gasteiger partial charge in [0.2, 0.25) is 12.4 Å². The van der Waals surface area contributed by atoms with Crippen LogP contribution in [0.5, 0.6) is 0 Å². The van der Waals surface area contributed by atoms with Gasteiger partial charge in [-0.1, -0.05) is 6.07 Å². The van der Waals surface area contributed by atoms with Gasteiger partial charge in [0.1, 0.15) is 5.52 Å². The second-order valence-electron chi connectivity index (χ2n) is 6.71. The van der Waals surface area contributed by atoms with Crippen molar-refractivity contribution in [3.63, 3.8) is 0 Å². The van der Waals surface area contributed by atoms with Crippen LogP contribution in [0.25, 0.3) is 16.9 Å². The van der Waals surface area contributed by atoms with Crippen LogP contribution in [-0.4, -0.2) is 56.3 Å². The summed E-state index contributed by atoms with van der Waals surface area (Å²) in [7, 11) is 0. The van der Waals surface area contributed by atoms with Crippen molar-refractivity contribution < 1.29 is 18.3 Å². The predicted molar refractivity (Wildman–Crippen MR) is 96.8 cm³/mol. The molecule has 0 unspecified atom stereocenters. The van der Waals surface area contributed by atoms with Gasteiger partial charge in [-0.05, 0) is 24.6 Å². The quantitative estimate of drug-likeness (QED) is 0.615. The Morgan fingerprint density at radius 2 is 2.14 bits per heavy atom. The SMILES string of the molecule is O[C@@H]1CNCC[C@H]1Nc1ncc2c(F)cc(-c3ccc(CC(F)F)cn3)n2n1. The first-order chi connectivity index (χ1) is 13.5. The van der Waals surface area contributed by atoms with Crippen LogP contribution < -0.4 is 10.6 Å². The Bertz CT molecular complexity index is 962. The third-order valence-corrected chi connectivity index (χ3v) is 4.71. The van der Waals surface area contributed by atoms with Gasteiger partial charge in [0.25, 0.3) is 0 Å². The molecule has 1 saturated heterocycles. The molecule has 1 aliphatic rings. The zero-order valence-corrected chi connectivity index (χ0v) is 14.8. The molecule has 0 spiro atoms. The Hall–Kier alpha value is -2.72. The third-order valence-electron chi connectivity index (χ3n) is 4.71. The Morgan fingerprint density at radius 1 is 1.29 bits per heavy atom. The Morgan fingerprint density at radius 3 is 2.86 bits per heavy atom. The highest BCUT2D eigenvalue weighted by molar-refractivity contribution is 5.64. The van der Waals surface area contributed by atoms with E-state index in [1.165, 1.54) is 29.0 Å². The number of nitrogens with one attached hydrogen (secondary N) is 2. The molecule has 1 fully saturated rings. The molecule has 0 amide bonds. The second kappa shape index (κ2) is 7.72. The van der Waals surface area contributed by atoms with Crippen molar-refractivity contribution >= 4 is 11.5 Å². The average Bonchev–Trinajstić information content (AvgIpc) is 3.00.